The summed E-state index contributed by atoms with van der Waals surface area (Å²) in [5.41, 5.74) is 0.927. The molecule has 2 N–H and O–H groups in total. The van der Waals surface area contributed by atoms with E-state index in [4.69, 9.17) is 28.3 Å². The molecule has 0 saturated heterocycles. The first-order chi connectivity index (χ1) is 9.60. The Kier molecular flexibility index (Phi) is 5.70. The molecular weight excluding hydrogens is 297 g/mol. The fraction of sp³-hybridized carbons (Fsp3) is 0.533. The predicted molar refractivity (Wildman–Crippen MR) is 81.1 cm³/mol. The Hall–Kier alpha value is -0.770. The maximum Gasteiger partial charge on any atom is 0.220 e. The van der Waals surface area contributed by atoms with Crippen LogP contribution >= 0.6 is 23.2 Å². The van der Waals surface area contributed by atoms with Crippen LogP contribution < -0.4 is 5.32 Å². The van der Waals surface area contributed by atoms with Gasteiger partial charge in [0.25, 0.3) is 0 Å². The lowest BCUT2D eigenvalue weighted by Gasteiger charge is -2.17. The number of carbonyl (C=O) groups excluding carboxylic acids is 1. The molecule has 0 spiro atoms. The van der Waals surface area contributed by atoms with Crippen LogP contribution in [0, 0.1) is 5.92 Å². The van der Waals surface area contributed by atoms with E-state index in [9.17, 15) is 4.79 Å². The summed E-state index contributed by atoms with van der Waals surface area (Å²) in [5, 5.41) is 13.2. The second-order valence-corrected chi connectivity index (χ2v) is 6.10. The number of nitrogens with one attached hydrogen (secondary N) is 1. The van der Waals surface area contributed by atoms with Crippen LogP contribution in [0.15, 0.2) is 18.2 Å². The molecule has 1 aliphatic carbocycles. The minimum atomic E-state index is 0.0152. The van der Waals surface area contributed by atoms with Gasteiger partial charge in [0.15, 0.2) is 0 Å². The van der Waals surface area contributed by atoms with Crippen LogP contribution in [0.2, 0.25) is 10.0 Å². The Morgan fingerprint density at radius 1 is 1.40 bits per heavy atom. The third-order valence-corrected chi connectivity index (χ3v) is 4.20. The molecule has 1 aromatic rings. The van der Waals surface area contributed by atoms with E-state index in [1.165, 1.54) is 0 Å². The van der Waals surface area contributed by atoms with Crippen molar-refractivity contribution in [2.45, 2.75) is 38.1 Å². The topological polar surface area (TPSA) is 49.3 Å². The molecule has 3 nitrogen and oxygen atoms in total. The molecule has 0 radical (unpaired) electrons. The molecule has 110 valence electrons. The quantitative estimate of drug-likeness (QED) is 0.811. The maximum absolute atomic E-state index is 12.0. The van der Waals surface area contributed by atoms with Gasteiger partial charge in [-0.05, 0) is 49.3 Å². The van der Waals surface area contributed by atoms with Gasteiger partial charge >= 0.3 is 0 Å². The number of amides is 1. The van der Waals surface area contributed by atoms with E-state index >= 15 is 0 Å². The zero-order valence-corrected chi connectivity index (χ0v) is 12.8. The average Bonchev–Trinajstić information content (AvgIpc) is 3.21. The molecule has 1 fully saturated rings. The van der Waals surface area contributed by atoms with Crippen molar-refractivity contribution >= 4 is 29.1 Å². The third-order valence-electron chi connectivity index (χ3n) is 3.61. The van der Waals surface area contributed by atoms with Gasteiger partial charge in [0.05, 0.1) is 0 Å². The summed E-state index contributed by atoms with van der Waals surface area (Å²) in [5.74, 6) is 0.562. The van der Waals surface area contributed by atoms with E-state index in [1.54, 1.807) is 12.1 Å². The van der Waals surface area contributed by atoms with Crippen LogP contribution in [-0.2, 0) is 11.2 Å². The fourth-order valence-corrected chi connectivity index (χ4v) is 2.82. The predicted octanol–water partition coefficient (Wildman–Crippen LogP) is 3.20. The van der Waals surface area contributed by atoms with Gasteiger partial charge in [0.1, 0.15) is 0 Å². The maximum atomic E-state index is 12.0. The molecule has 1 unspecified atom stereocenters. The minimum absolute atomic E-state index is 0.0152. The average molecular weight is 316 g/mol. The Bertz CT molecular complexity index is 475. The highest BCUT2D eigenvalue weighted by Crippen LogP contribution is 2.34. The van der Waals surface area contributed by atoms with E-state index < -0.39 is 0 Å². The van der Waals surface area contributed by atoms with Crippen molar-refractivity contribution in [2.75, 3.05) is 6.61 Å². The number of halogens is 2. The van der Waals surface area contributed by atoms with Gasteiger partial charge < -0.3 is 10.4 Å². The highest BCUT2D eigenvalue weighted by molar-refractivity contribution is 6.35. The van der Waals surface area contributed by atoms with Gasteiger partial charge in [-0.25, -0.2) is 0 Å². The molecule has 5 heteroatoms. The van der Waals surface area contributed by atoms with E-state index in [2.05, 4.69) is 5.32 Å². The van der Waals surface area contributed by atoms with E-state index in [0.717, 1.165) is 18.4 Å². The van der Waals surface area contributed by atoms with E-state index in [-0.39, 0.29) is 18.6 Å². The van der Waals surface area contributed by atoms with Crippen molar-refractivity contribution in [2.24, 2.45) is 5.92 Å². The standard InChI is InChI=1S/C15H19Cl2NO2/c16-12-5-3-10(13(17)9-12)4-6-15(20)18-14(7-8-19)11-1-2-11/h3,5,9,11,14,19H,1-2,4,6-8H2,(H,18,20). The van der Waals surface area contributed by atoms with Crippen LogP contribution in [0.4, 0.5) is 0 Å². The van der Waals surface area contributed by atoms with Gasteiger partial charge in [0.2, 0.25) is 5.91 Å². The van der Waals surface area contributed by atoms with Gasteiger partial charge in [0, 0.05) is 29.1 Å². The molecule has 1 amide bonds. The molecule has 20 heavy (non-hydrogen) atoms. The van der Waals surface area contributed by atoms with Crippen molar-refractivity contribution in [3.05, 3.63) is 33.8 Å². The first kappa shape index (κ1) is 15.6. The molecular formula is C15H19Cl2NO2. The number of aryl methyl sites for hydroxylation is 1. The largest absolute Gasteiger partial charge is 0.396 e. The molecule has 1 aromatic carbocycles. The first-order valence-electron chi connectivity index (χ1n) is 6.94. The summed E-state index contributed by atoms with van der Waals surface area (Å²) in [6.07, 6.45) is 3.92. The second kappa shape index (κ2) is 7.30. The smallest absolute Gasteiger partial charge is 0.220 e. The normalized spacial score (nSPS) is 15.9. The number of rotatable bonds is 7. The van der Waals surface area contributed by atoms with E-state index in [1.807, 2.05) is 6.07 Å². The Morgan fingerprint density at radius 2 is 2.15 bits per heavy atom. The molecule has 0 aromatic heterocycles. The Labute approximate surface area is 129 Å². The van der Waals surface area contributed by atoms with Crippen molar-refractivity contribution in [1.82, 2.24) is 5.32 Å². The van der Waals surface area contributed by atoms with Crippen LogP contribution in [0.5, 0.6) is 0 Å². The van der Waals surface area contributed by atoms with Crippen LogP contribution in [0.3, 0.4) is 0 Å². The summed E-state index contributed by atoms with van der Waals surface area (Å²) in [6, 6.07) is 5.44. The van der Waals surface area contributed by atoms with E-state index in [0.29, 0.717) is 35.2 Å². The molecule has 1 saturated carbocycles. The molecule has 1 aliphatic rings. The zero-order valence-electron chi connectivity index (χ0n) is 11.2. The van der Waals surface area contributed by atoms with Crippen LogP contribution in [0.25, 0.3) is 0 Å². The molecule has 0 aliphatic heterocycles. The van der Waals surface area contributed by atoms with Crippen molar-refractivity contribution in [3.8, 4) is 0 Å². The van der Waals surface area contributed by atoms with Crippen molar-refractivity contribution < 1.29 is 9.90 Å². The van der Waals surface area contributed by atoms with Gasteiger partial charge in [-0.2, -0.15) is 0 Å². The number of benzene rings is 1. The highest BCUT2D eigenvalue weighted by atomic mass is 35.5. The Balaban J connectivity index is 1.82. The summed E-state index contributed by atoms with van der Waals surface area (Å²) < 4.78 is 0. The van der Waals surface area contributed by atoms with Crippen LogP contribution in [0.1, 0.15) is 31.2 Å². The summed E-state index contributed by atoms with van der Waals surface area (Å²) in [7, 11) is 0. The molecule has 0 heterocycles. The zero-order chi connectivity index (χ0) is 14.5. The van der Waals surface area contributed by atoms with Gasteiger partial charge in [-0.3, -0.25) is 4.79 Å². The highest BCUT2D eigenvalue weighted by Gasteiger charge is 2.31. The summed E-state index contributed by atoms with van der Waals surface area (Å²) in [6.45, 7) is 0.116. The second-order valence-electron chi connectivity index (χ2n) is 5.26. The number of aliphatic hydroxyl groups excluding tert-OH is 1. The molecule has 2 rings (SSSR count). The van der Waals surface area contributed by atoms with Crippen molar-refractivity contribution in [1.29, 1.82) is 0 Å². The molecule has 1 atom stereocenters. The lowest BCUT2D eigenvalue weighted by atomic mass is 10.1. The van der Waals surface area contributed by atoms with Gasteiger partial charge in [-0.1, -0.05) is 29.3 Å². The van der Waals surface area contributed by atoms with Gasteiger partial charge in [-0.15, -0.1) is 0 Å². The lowest BCUT2D eigenvalue weighted by Crippen LogP contribution is -2.37. The number of aliphatic hydroxyl groups is 1. The number of hydrogen-bond acceptors (Lipinski definition) is 2. The lowest BCUT2D eigenvalue weighted by molar-refractivity contribution is -0.122. The minimum Gasteiger partial charge on any atom is -0.396 e. The fourth-order valence-electron chi connectivity index (χ4n) is 2.31. The number of carbonyl (C=O) groups is 1. The molecule has 0 bridgehead atoms. The van der Waals surface area contributed by atoms with Crippen LogP contribution in [-0.4, -0.2) is 23.7 Å². The first-order valence-corrected chi connectivity index (χ1v) is 7.70. The third kappa shape index (κ3) is 4.65. The Morgan fingerprint density at radius 3 is 2.75 bits per heavy atom. The number of hydrogen-bond donors (Lipinski definition) is 2. The van der Waals surface area contributed by atoms with Crippen molar-refractivity contribution in [3.63, 3.8) is 0 Å². The SMILES string of the molecule is O=C(CCc1ccc(Cl)cc1Cl)NC(CCO)C1CC1. The summed E-state index contributed by atoms with van der Waals surface area (Å²) in [4.78, 5) is 12.0. The monoisotopic (exact) mass is 315 g/mol. The summed E-state index contributed by atoms with van der Waals surface area (Å²) >= 11 is 11.9.